The molecule has 174 valence electrons. The van der Waals surface area contributed by atoms with Crippen LogP contribution in [0.4, 0.5) is 0 Å². The van der Waals surface area contributed by atoms with Crippen LogP contribution in [-0.4, -0.2) is 49.6 Å². The number of benzene rings is 1. The van der Waals surface area contributed by atoms with Crippen molar-refractivity contribution in [3.05, 3.63) is 40.2 Å². The van der Waals surface area contributed by atoms with Crippen LogP contribution in [0, 0.1) is 29.6 Å². The zero-order chi connectivity index (χ0) is 24.1. The van der Waals surface area contributed by atoms with Crippen LogP contribution >= 0.6 is 0 Å². The van der Waals surface area contributed by atoms with Gasteiger partial charge in [-0.2, -0.15) is 0 Å². The number of Topliss-reactive ketones (excluding diaryl/α,β-unsaturated/α-hetero) is 2. The standard InChI is InChI=1S/C25H27NO7/c1-2-3-4-5-6-12-7-8-16(27)19-15(12)10-13-9-14-11-17(28)20(24(26)32)23(31)25(14,33)22(30)18(13)21(19)29/h7-8,13-14,17,20,27-28,30,33H,2-4,9-11H2,1H3,(H2,26,32)/t13-,14+,17?,20?,25+/m1/s1. The third-order valence-corrected chi connectivity index (χ3v) is 7.15. The molecule has 3 aliphatic carbocycles. The first-order chi connectivity index (χ1) is 15.6. The number of hydrogen-bond acceptors (Lipinski definition) is 7. The quantitative estimate of drug-likeness (QED) is 0.262. The fraction of sp³-hybridized carbons (Fsp3) is 0.480. The second kappa shape index (κ2) is 8.32. The van der Waals surface area contributed by atoms with Gasteiger partial charge in [0.2, 0.25) is 5.91 Å². The summed E-state index contributed by atoms with van der Waals surface area (Å²) < 4.78 is 0. The van der Waals surface area contributed by atoms with E-state index in [2.05, 4.69) is 18.8 Å². The fourth-order valence-corrected chi connectivity index (χ4v) is 5.47. The molecule has 33 heavy (non-hydrogen) atoms. The molecule has 0 aliphatic heterocycles. The predicted molar refractivity (Wildman–Crippen MR) is 117 cm³/mol. The van der Waals surface area contributed by atoms with Gasteiger partial charge in [-0.1, -0.05) is 25.2 Å². The average Bonchev–Trinajstić information content (AvgIpc) is 2.75. The Balaban J connectivity index is 1.82. The van der Waals surface area contributed by atoms with Gasteiger partial charge in [-0.15, -0.1) is 0 Å². The van der Waals surface area contributed by atoms with Crippen molar-refractivity contribution in [3.63, 3.8) is 0 Å². The molecule has 6 N–H and O–H groups in total. The lowest BCUT2D eigenvalue weighted by Crippen LogP contribution is -2.63. The molecule has 1 amide bonds. The summed E-state index contributed by atoms with van der Waals surface area (Å²) in [6.07, 6.45) is 1.53. The number of carbonyl (C=O) groups excluding carboxylic acids is 3. The van der Waals surface area contributed by atoms with Gasteiger partial charge in [0.1, 0.15) is 17.4 Å². The monoisotopic (exact) mass is 453 g/mol. The molecular weight excluding hydrogens is 426 g/mol. The highest BCUT2D eigenvalue weighted by Gasteiger charge is 2.62. The number of primary amides is 1. The van der Waals surface area contributed by atoms with Crippen LogP contribution in [0.2, 0.25) is 0 Å². The van der Waals surface area contributed by atoms with E-state index in [0.717, 1.165) is 12.8 Å². The lowest BCUT2D eigenvalue weighted by molar-refractivity contribution is -0.167. The Morgan fingerprint density at radius 2 is 1.97 bits per heavy atom. The number of aromatic hydroxyl groups is 1. The molecule has 4 rings (SSSR count). The molecule has 0 saturated heterocycles. The van der Waals surface area contributed by atoms with E-state index >= 15 is 0 Å². The molecule has 0 heterocycles. The average molecular weight is 453 g/mol. The van der Waals surface area contributed by atoms with Crippen LogP contribution in [0.15, 0.2) is 23.5 Å². The maximum absolute atomic E-state index is 13.4. The maximum atomic E-state index is 13.4. The Morgan fingerprint density at radius 3 is 2.64 bits per heavy atom. The summed E-state index contributed by atoms with van der Waals surface area (Å²) in [5.74, 6) is -0.967. The van der Waals surface area contributed by atoms with Crippen molar-refractivity contribution in [2.75, 3.05) is 0 Å². The van der Waals surface area contributed by atoms with Gasteiger partial charge in [0.05, 0.1) is 11.7 Å². The van der Waals surface area contributed by atoms with E-state index in [1.165, 1.54) is 6.07 Å². The number of hydrogen-bond donors (Lipinski definition) is 5. The molecular formula is C25H27NO7. The Kier molecular flexibility index (Phi) is 5.81. The van der Waals surface area contributed by atoms with E-state index in [1.54, 1.807) is 6.07 Å². The molecule has 0 aromatic heterocycles. The number of aliphatic hydroxyl groups excluding tert-OH is 2. The summed E-state index contributed by atoms with van der Waals surface area (Å²) in [6.45, 7) is 2.06. The minimum absolute atomic E-state index is 0.00751. The van der Waals surface area contributed by atoms with Crippen LogP contribution in [0.1, 0.15) is 60.5 Å². The van der Waals surface area contributed by atoms with Crippen molar-refractivity contribution in [2.24, 2.45) is 23.5 Å². The van der Waals surface area contributed by atoms with Crippen molar-refractivity contribution in [3.8, 4) is 17.6 Å². The number of carbonyl (C=O) groups is 3. The van der Waals surface area contributed by atoms with E-state index < -0.39 is 52.7 Å². The van der Waals surface area contributed by atoms with Crippen molar-refractivity contribution >= 4 is 17.5 Å². The second-order valence-corrected chi connectivity index (χ2v) is 9.13. The zero-order valence-corrected chi connectivity index (χ0v) is 18.3. The van der Waals surface area contributed by atoms with Gasteiger partial charge in [0.15, 0.2) is 17.2 Å². The maximum Gasteiger partial charge on any atom is 0.230 e. The number of aliphatic hydroxyl groups is 3. The van der Waals surface area contributed by atoms with Crippen LogP contribution in [-0.2, 0) is 16.0 Å². The largest absolute Gasteiger partial charge is 0.508 e. The first-order valence-corrected chi connectivity index (χ1v) is 11.2. The number of nitrogens with two attached hydrogens (primary N) is 1. The highest BCUT2D eigenvalue weighted by molar-refractivity contribution is 6.15. The van der Waals surface area contributed by atoms with Crippen molar-refractivity contribution in [1.29, 1.82) is 0 Å². The van der Waals surface area contributed by atoms with Crippen LogP contribution in [0.5, 0.6) is 5.75 Å². The van der Waals surface area contributed by atoms with Gasteiger partial charge >= 0.3 is 0 Å². The third-order valence-electron chi connectivity index (χ3n) is 7.15. The Hall–Kier alpha value is -3.15. The number of unbranched alkanes of at least 4 members (excludes halogenated alkanes) is 2. The number of rotatable bonds is 3. The minimum Gasteiger partial charge on any atom is -0.508 e. The first-order valence-electron chi connectivity index (χ1n) is 11.2. The highest BCUT2D eigenvalue weighted by atomic mass is 16.3. The van der Waals surface area contributed by atoms with Gasteiger partial charge in [0.25, 0.3) is 0 Å². The molecule has 1 saturated carbocycles. The van der Waals surface area contributed by atoms with Crippen molar-refractivity contribution in [2.45, 2.75) is 57.2 Å². The molecule has 5 atom stereocenters. The summed E-state index contributed by atoms with van der Waals surface area (Å²) in [7, 11) is 0. The van der Waals surface area contributed by atoms with Gasteiger partial charge in [-0.05, 0) is 49.3 Å². The zero-order valence-electron chi connectivity index (χ0n) is 18.3. The van der Waals surface area contributed by atoms with Gasteiger partial charge in [-0.3, -0.25) is 14.4 Å². The summed E-state index contributed by atoms with van der Waals surface area (Å²) in [5, 5.41) is 43.0. The second-order valence-electron chi connectivity index (χ2n) is 9.13. The molecule has 0 spiro atoms. The molecule has 3 aliphatic rings. The van der Waals surface area contributed by atoms with Gasteiger partial charge in [-0.25, -0.2) is 0 Å². The molecule has 0 radical (unpaired) electrons. The van der Waals surface area contributed by atoms with E-state index in [4.69, 9.17) is 5.73 Å². The highest BCUT2D eigenvalue weighted by Crippen LogP contribution is 2.51. The number of phenolic OH excluding ortho intramolecular Hbond substituents is 1. The van der Waals surface area contributed by atoms with Gasteiger partial charge < -0.3 is 26.2 Å². The van der Waals surface area contributed by atoms with Crippen LogP contribution < -0.4 is 5.73 Å². The molecule has 2 unspecified atom stereocenters. The molecule has 8 heteroatoms. The van der Waals surface area contributed by atoms with E-state index in [1.807, 2.05) is 0 Å². The predicted octanol–water partition coefficient (Wildman–Crippen LogP) is 1.29. The summed E-state index contributed by atoms with van der Waals surface area (Å²) >= 11 is 0. The van der Waals surface area contributed by atoms with Crippen molar-refractivity contribution in [1.82, 2.24) is 0 Å². The summed E-state index contributed by atoms with van der Waals surface area (Å²) in [6, 6.07) is 3.02. The van der Waals surface area contributed by atoms with E-state index in [-0.39, 0.29) is 36.1 Å². The molecule has 8 nitrogen and oxygen atoms in total. The Bertz CT molecular complexity index is 1140. The third kappa shape index (κ3) is 3.43. The Labute approximate surface area is 191 Å². The Morgan fingerprint density at radius 1 is 1.24 bits per heavy atom. The first kappa shape index (κ1) is 23.0. The molecule has 1 fully saturated rings. The normalized spacial score (nSPS) is 30.6. The number of ketones is 2. The number of fused-ring (bicyclic) bond motifs is 3. The molecule has 1 aromatic carbocycles. The van der Waals surface area contributed by atoms with E-state index in [0.29, 0.717) is 17.5 Å². The summed E-state index contributed by atoms with van der Waals surface area (Å²) in [4.78, 5) is 38.1. The van der Waals surface area contributed by atoms with Crippen LogP contribution in [0.25, 0.3) is 0 Å². The number of allylic oxidation sites excluding steroid dienone is 1. The van der Waals surface area contributed by atoms with Gasteiger partial charge in [0, 0.05) is 23.5 Å². The minimum atomic E-state index is -2.49. The topological polar surface area (TPSA) is 158 Å². The smallest absolute Gasteiger partial charge is 0.230 e. The fourth-order valence-electron chi connectivity index (χ4n) is 5.47. The van der Waals surface area contributed by atoms with Crippen molar-refractivity contribution < 1.29 is 34.8 Å². The summed E-state index contributed by atoms with van der Waals surface area (Å²) in [5.41, 5.74) is 3.77. The lowest BCUT2D eigenvalue weighted by atomic mass is 9.57. The van der Waals surface area contributed by atoms with Crippen LogP contribution in [0.3, 0.4) is 0 Å². The number of phenols is 1. The SMILES string of the molecule is CCCCC#Cc1ccc(O)c2c1C[C@H]1C[C@H]3CC(O)C(C(N)=O)C(=O)[C@@]3(O)C(O)=C1C2=O. The molecule has 1 aromatic rings. The van der Waals surface area contributed by atoms with E-state index in [9.17, 15) is 34.8 Å². The molecule has 0 bridgehead atoms. The number of amides is 1. The lowest BCUT2D eigenvalue weighted by Gasteiger charge is -2.48.